The Morgan fingerprint density at radius 2 is 2.33 bits per heavy atom. The molecule has 0 radical (unpaired) electrons. The van der Waals surface area contributed by atoms with Gasteiger partial charge in [-0.25, -0.2) is 4.79 Å². The Morgan fingerprint density at radius 1 is 1.60 bits per heavy atom. The number of ether oxygens (including phenoxy) is 2. The summed E-state index contributed by atoms with van der Waals surface area (Å²) >= 11 is 0. The fourth-order valence-electron chi connectivity index (χ4n) is 1.06. The van der Waals surface area contributed by atoms with Crippen molar-refractivity contribution < 1.29 is 24.2 Å². The van der Waals surface area contributed by atoms with Crippen LogP contribution in [0.3, 0.4) is 0 Å². The van der Waals surface area contributed by atoms with E-state index < -0.39 is 17.9 Å². The van der Waals surface area contributed by atoms with Gasteiger partial charge in [0.15, 0.2) is 0 Å². The lowest BCUT2D eigenvalue weighted by atomic mass is 10.2. The van der Waals surface area contributed by atoms with Gasteiger partial charge in [-0.15, -0.1) is 0 Å². The molecule has 6 heteroatoms. The average molecular weight is 215 g/mol. The van der Waals surface area contributed by atoms with Gasteiger partial charge in [-0.2, -0.15) is 0 Å². The minimum absolute atomic E-state index is 0.0148. The van der Waals surface area contributed by atoms with Crippen LogP contribution >= 0.6 is 0 Å². The zero-order chi connectivity index (χ0) is 11.3. The molecular formula is C9H13NO5. The van der Waals surface area contributed by atoms with Crippen molar-refractivity contribution in [2.45, 2.75) is 19.4 Å². The standard InChI is InChI=1S/C9H13NO5/c1-2-6(9(12)13)10-8(11)7-5-14-3-4-15-7/h5-6H,2-4H2,1H3,(H,10,11)(H,12,13). The van der Waals surface area contributed by atoms with E-state index >= 15 is 0 Å². The molecule has 2 N–H and O–H groups in total. The number of carbonyl (C=O) groups is 2. The zero-order valence-corrected chi connectivity index (χ0v) is 8.36. The van der Waals surface area contributed by atoms with Crippen molar-refractivity contribution in [3.8, 4) is 0 Å². The maximum atomic E-state index is 11.4. The maximum absolute atomic E-state index is 11.4. The molecule has 0 saturated carbocycles. The maximum Gasteiger partial charge on any atom is 0.326 e. The summed E-state index contributed by atoms with van der Waals surface area (Å²) in [6, 6.07) is -0.899. The normalized spacial score (nSPS) is 16.7. The molecule has 0 aromatic rings. The molecule has 0 aromatic heterocycles. The first-order valence-corrected chi connectivity index (χ1v) is 4.63. The van der Waals surface area contributed by atoms with Gasteiger partial charge < -0.3 is 19.9 Å². The van der Waals surface area contributed by atoms with Crippen molar-refractivity contribution in [1.82, 2.24) is 5.32 Å². The first kappa shape index (κ1) is 11.4. The van der Waals surface area contributed by atoms with Crippen LogP contribution in [0.4, 0.5) is 0 Å². The average Bonchev–Trinajstić information content (AvgIpc) is 2.26. The summed E-state index contributed by atoms with van der Waals surface area (Å²) in [4.78, 5) is 22.1. The number of aliphatic carboxylic acids is 1. The second-order valence-corrected chi connectivity index (χ2v) is 2.97. The highest BCUT2D eigenvalue weighted by molar-refractivity contribution is 5.94. The number of rotatable bonds is 4. The Labute approximate surface area is 86.9 Å². The van der Waals surface area contributed by atoms with E-state index in [1.807, 2.05) is 0 Å². The van der Waals surface area contributed by atoms with Gasteiger partial charge in [-0.3, -0.25) is 4.79 Å². The summed E-state index contributed by atoms with van der Waals surface area (Å²) < 4.78 is 9.88. The van der Waals surface area contributed by atoms with Gasteiger partial charge in [0.1, 0.15) is 25.5 Å². The van der Waals surface area contributed by atoms with E-state index in [4.69, 9.17) is 14.6 Å². The van der Waals surface area contributed by atoms with E-state index in [1.165, 1.54) is 6.26 Å². The van der Waals surface area contributed by atoms with E-state index in [0.29, 0.717) is 19.6 Å². The van der Waals surface area contributed by atoms with Gasteiger partial charge in [-0.05, 0) is 6.42 Å². The van der Waals surface area contributed by atoms with Gasteiger partial charge in [0.05, 0.1) is 0 Å². The van der Waals surface area contributed by atoms with Crippen molar-refractivity contribution in [1.29, 1.82) is 0 Å². The second kappa shape index (κ2) is 5.23. The van der Waals surface area contributed by atoms with Gasteiger partial charge in [0, 0.05) is 0 Å². The molecule has 1 amide bonds. The summed E-state index contributed by atoms with van der Waals surface area (Å²) in [6.45, 7) is 2.36. The molecule has 1 aliphatic heterocycles. The molecule has 0 saturated heterocycles. The van der Waals surface area contributed by atoms with E-state index in [1.54, 1.807) is 6.92 Å². The molecule has 6 nitrogen and oxygen atoms in total. The Bertz CT molecular complexity index is 286. The number of carboxylic acids is 1. The lowest BCUT2D eigenvalue weighted by Crippen LogP contribution is -2.41. The van der Waals surface area contributed by atoms with Crippen LogP contribution in [0, 0.1) is 0 Å². The van der Waals surface area contributed by atoms with Crippen molar-refractivity contribution in [3.05, 3.63) is 12.0 Å². The van der Waals surface area contributed by atoms with Crippen LogP contribution in [0.15, 0.2) is 12.0 Å². The van der Waals surface area contributed by atoms with Crippen molar-refractivity contribution in [3.63, 3.8) is 0 Å². The number of carbonyl (C=O) groups excluding carboxylic acids is 1. The van der Waals surface area contributed by atoms with E-state index in [0.717, 1.165) is 0 Å². The third-order valence-electron chi connectivity index (χ3n) is 1.88. The van der Waals surface area contributed by atoms with E-state index in [-0.39, 0.29) is 5.76 Å². The highest BCUT2D eigenvalue weighted by Crippen LogP contribution is 2.05. The number of carboxylic acid groups (broad SMARTS) is 1. The Kier molecular flexibility index (Phi) is 3.96. The third-order valence-corrected chi connectivity index (χ3v) is 1.88. The molecular weight excluding hydrogens is 202 g/mol. The number of hydrogen-bond acceptors (Lipinski definition) is 4. The molecule has 1 rings (SSSR count). The molecule has 0 aromatic carbocycles. The molecule has 0 fully saturated rings. The second-order valence-electron chi connectivity index (χ2n) is 2.97. The van der Waals surface area contributed by atoms with Crippen molar-refractivity contribution in [2.75, 3.05) is 13.2 Å². The van der Waals surface area contributed by atoms with E-state index in [9.17, 15) is 9.59 Å². The molecule has 1 unspecified atom stereocenters. The Hall–Kier alpha value is -1.72. The topological polar surface area (TPSA) is 84.9 Å². The predicted octanol–water partition coefficient (Wildman–Crippen LogP) is -0.146. The van der Waals surface area contributed by atoms with Gasteiger partial charge in [-0.1, -0.05) is 6.92 Å². The first-order chi connectivity index (χ1) is 7.15. The quantitative estimate of drug-likeness (QED) is 0.681. The lowest BCUT2D eigenvalue weighted by Gasteiger charge is -2.17. The largest absolute Gasteiger partial charge is 0.494 e. The van der Waals surface area contributed by atoms with Crippen LogP contribution in [0.25, 0.3) is 0 Å². The Morgan fingerprint density at radius 3 is 2.80 bits per heavy atom. The van der Waals surface area contributed by atoms with Crippen molar-refractivity contribution >= 4 is 11.9 Å². The van der Waals surface area contributed by atoms with Crippen LogP contribution in [0.1, 0.15) is 13.3 Å². The molecule has 0 aliphatic carbocycles. The summed E-state index contributed by atoms with van der Waals surface area (Å²) in [5.41, 5.74) is 0. The summed E-state index contributed by atoms with van der Waals surface area (Å²) in [7, 11) is 0. The number of nitrogens with one attached hydrogen (secondary N) is 1. The minimum atomic E-state index is -1.07. The minimum Gasteiger partial charge on any atom is -0.494 e. The van der Waals surface area contributed by atoms with Crippen LogP contribution in [0.2, 0.25) is 0 Å². The summed E-state index contributed by atoms with van der Waals surface area (Å²) in [6.07, 6.45) is 1.50. The SMILES string of the molecule is CCC(NC(=O)C1=COCCO1)C(=O)O. The Balaban J connectivity index is 2.53. The van der Waals surface area contributed by atoms with Gasteiger partial charge in [0.2, 0.25) is 5.76 Å². The molecule has 84 valence electrons. The fraction of sp³-hybridized carbons (Fsp3) is 0.556. The van der Waals surface area contributed by atoms with Crippen molar-refractivity contribution in [2.24, 2.45) is 0 Å². The predicted molar refractivity (Wildman–Crippen MR) is 49.8 cm³/mol. The van der Waals surface area contributed by atoms with Crippen LogP contribution < -0.4 is 5.32 Å². The molecule has 1 atom stereocenters. The molecule has 1 aliphatic rings. The monoisotopic (exact) mass is 215 g/mol. The molecule has 0 spiro atoms. The third kappa shape index (κ3) is 3.16. The highest BCUT2D eigenvalue weighted by Gasteiger charge is 2.22. The molecule has 1 heterocycles. The number of hydrogen-bond donors (Lipinski definition) is 2. The van der Waals surface area contributed by atoms with Gasteiger partial charge >= 0.3 is 5.97 Å². The highest BCUT2D eigenvalue weighted by atomic mass is 16.6. The zero-order valence-electron chi connectivity index (χ0n) is 8.36. The summed E-state index contributed by atoms with van der Waals surface area (Å²) in [5.74, 6) is -1.62. The smallest absolute Gasteiger partial charge is 0.326 e. The lowest BCUT2D eigenvalue weighted by molar-refractivity contribution is -0.142. The fourth-order valence-corrected chi connectivity index (χ4v) is 1.06. The van der Waals surface area contributed by atoms with Crippen LogP contribution in [0.5, 0.6) is 0 Å². The van der Waals surface area contributed by atoms with Crippen LogP contribution in [-0.4, -0.2) is 36.2 Å². The summed E-state index contributed by atoms with van der Waals surface area (Å²) in [5, 5.41) is 11.0. The van der Waals surface area contributed by atoms with Crippen LogP contribution in [-0.2, 0) is 19.1 Å². The molecule has 0 bridgehead atoms. The number of amides is 1. The van der Waals surface area contributed by atoms with E-state index in [2.05, 4.69) is 5.32 Å². The first-order valence-electron chi connectivity index (χ1n) is 4.63. The molecule has 15 heavy (non-hydrogen) atoms. The van der Waals surface area contributed by atoms with Gasteiger partial charge in [0.25, 0.3) is 5.91 Å².